The lowest BCUT2D eigenvalue weighted by Crippen LogP contribution is -2.51. The molecule has 1 aliphatic carbocycles. The van der Waals surface area contributed by atoms with E-state index >= 15 is 0 Å². The normalized spacial score (nSPS) is 17.2. The summed E-state index contributed by atoms with van der Waals surface area (Å²) in [5.41, 5.74) is 4.69. The fraction of sp³-hybridized carbons (Fsp3) is 0.375. The Morgan fingerprint density at radius 1 is 1.09 bits per heavy atom. The van der Waals surface area contributed by atoms with Gasteiger partial charge in [-0.15, -0.1) is 0 Å². The second kappa shape index (κ2) is 11.0. The summed E-state index contributed by atoms with van der Waals surface area (Å²) < 4.78 is 5.50. The van der Waals surface area contributed by atoms with Crippen LogP contribution in [0.15, 0.2) is 48.5 Å². The third-order valence-corrected chi connectivity index (χ3v) is 7.79. The van der Waals surface area contributed by atoms with Crippen LogP contribution < -0.4 is 5.32 Å². The summed E-state index contributed by atoms with van der Waals surface area (Å²) in [6.45, 7) is 1.08. The van der Waals surface area contributed by atoms with Crippen molar-refractivity contribution in [3.8, 4) is 11.1 Å². The predicted octanol–water partition coefficient (Wildman–Crippen LogP) is 3.29. The Labute approximate surface area is 201 Å². The number of ether oxygens (including phenoxy) is 1. The maximum absolute atomic E-state index is 12.4. The van der Waals surface area contributed by atoms with Crippen molar-refractivity contribution in [2.45, 2.75) is 12.0 Å². The van der Waals surface area contributed by atoms with Crippen LogP contribution in [0, 0.1) is 0 Å². The standard InChI is InChI=1S/C24H26N2O5S2/c27-22(26-10-12-33-14-21(26)23(28)29)15-32-11-9-25-24(30)31-13-20-18-7-3-1-5-16(18)17-6-2-4-8-19(17)20/h1-8,20-21H,9-15H2,(H,25,30)(H,28,29). The fourth-order valence-electron chi connectivity index (χ4n) is 4.22. The van der Waals surface area contributed by atoms with Crippen LogP contribution in [-0.2, 0) is 14.3 Å². The van der Waals surface area contributed by atoms with Crippen molar-refractivity contribution in [3.63, 3.8) is 0 Å². The topological polar surface area (TPSA) is 95.9 Å². The zero-order valence-electron chi connectivity index (χ0n) is 18.1. The number of carboxylic acid groups (broad SMARTS) is 1. The zero-order chi connectivity index (χ0) is 23.2. The van der Waals surface area contributed by atoms with Crippen molar-refractivity contribution in [1.29, 1.82) is 0 Å². The first-order chi connectivity index (χ1) is 16.1. The number of rotatable bonds is 8. The van der Waals surface area contributed by atoms with Gasteiger partial charge in [0.2, 0.25) is 5.91 Å². The number of carbonyl (C=O) groups excluding carboxylic acids is 2. The summed E-state index contributed by atoms with van der Waals surface area (Å²) in [5, 5.41) is 12.0. The minimum Gasteiger partial charge on any atom is -0.480 e. The minimum atomic E-state index is -0.961. The van der Waals surface area contributed by atoms with Gasteiger partial charge in [0.05, 0.1) is 5.75 Å². The van der Waals surface area contributed by atoms with E-state index < -0.39 is 18.1 Å². The van der Waals surface area contributed by atoms with E-state index in [0.29, 0.717) is 24.6 Å². The predicted molar refractivity (Wildman–Crippen MR) is 131 cm³/mol. The van der Waals surface area contributed by atoms with Gasteiger partial charge in [-0.25, -0.2) is 9.59 Å². The highest BCUT2D eigenvalue weighted by atomic mass is 32.2. The summed E-state index contributed by atoms with van der Waals surface area (Å²) in [7, 11) is 0. The number of aliphatic carboxylic acids is 1. The average molecular weight is 487 g/mol. The largest absolute Gasteiger partial charge is 0.480 e. The Morgan fingerprint density at radius 3 is 2.42 bits per heavy atom. The van der Waals surface area contributed by atoms with Gasteiger partial charge < -0.3 is 20.1 Å². The van der Waals surface area contributed by atoms with Gasteiger partial charge >= 0.3 is 12.1 Å². The molecular weight excluding hydrogens is 460 g/mol. The van der Waals surface area contributed by atoms with E-state index in [4.69, 9.17) is 4.74 Å². The molecule has 1 fully saturated rings. The molecule has 4 rings (SSSR count). The van der Waals surface area contributed by atoms with Crippen LogP contribution in [0.3, 0.4) is 0 Å². The van der Waals surface area contributed by atoms with E-state index in [-0.39, 0.29) is 24.2 Å². The molecular formula is C24H26N2O5S2. The number of nitrogens with zero attached hydrogens (tertiary/aromatic N) is 1. The average Bonchev–Trinajstić information content (AvgIpc) is 3.16. The van der Waals surface area contributed by atoms with Crippen LogP contribution in [-0.4, -0.2) is 76.7 Å². The lowest BCUT2D eigenvalue weighted by molar-refractivity contribution is -0.148. The molecule has 0 bridgehead atoms. The summed E-state index contributed by atoms with van der Waals surface area (Å²) in [5.74, 6) is 0.793. The van der Waals surface area contributed by atoms with Crippen molar-refractivity contribution >= 4 is 41.5 Å². The van der Waals surface area contributed by atoms with Crippen molar-refractivity contribution < 1.29 is 24.2 Å². The molecule has 174 valence electrons. The Morgan fingerprint density at radius 2 is 1.76 bits per heavy atom. The fourth-order valence-corrected chi connectivity index (χ4v) is 5.99. The van der Waals surface area contributed by atoms with E-state index in [9.17, 15) is 19.5 Å². The summed E-state index contributed by atoms with van der Waals surface area (Å²) >= 11 is 2.93. The van der Waals surface area contributed by atoms with Crippen molar-refractivity contribution in [1.82, 2.24) is 10.2 Å². The van der Waals surface area contributed by atoms with Gasteiger partial charge in [0.25, 0.3) is 0 Å². The van der Waals surface area contributed by atoms with Gasteiger partial charge in [0, 0.05) is 36.3 Å². The number of hydrogen-bond acceptors (Lipinski definition) is 6. The molecule has 0 aromatic heterocycles. The Hall–Kier alpha value is -2.65. The molecule has 2 N–H and O–H groups in total. The Bertz CT molecular complexity index is 986. The highest BCUT2D eigenvalue weighted by Gasteiger charge is 2.32. The van der Waals surface area contributed by atoms with Crippen LogP contribution in [0.4, 0.5) is 4.79 Å². The van der Waals surface area contributed by atoms with Gasteiger partial charge in [-0.3, -0.25) is 4.79 Å². The molecule has 1 atom stereocenters. The molecule has 2 aromatic carbocycles. The molecule has 0 saturated carbocycles. The molecule has 1 saturated heterocycles. The number of alkyl carbamates (subject to hydrolysis) is 1. The van der Waals surface area contributed by atoms with E-state index in [1.165, 1.54) is 27.8 Å². The molecule has 2 aromatic rings. The van der Waals surface area contributed by atoms with Crippen molar-refractivity contribution in [2.24, 2.45) is 0 Å². The number of thioether (sulfide) groups is 2. The quantitative estimate of drug-likeness (QED) is 0.553. The van der Waals surface area contributed by atoms with E-state index in [1.807, 2.05) is 24.3 Å². The lowest BCUT2D eigenvalue weighted by Gasteiger charge is -2.32. The molecule has 7 nitrogen and oxygen atoms in total. The third kappa shape index (κ3) is 5.47. The molecule has 0 radical (unpaired) electrons. The first-order valence-electron chi connectivity index (χ1n) is 10.8. The van der Waals surface area contributed by atoms with Crippen LogP contribution in [0.25, 0.3) is 11.1 Å². The second-order valence-corrected chi connectivity index (χ2v) is 10.1. The molecule has 1 unspecified atom stereocenters. The number of carbonyl (C=O) groups is 3. The number of nitrogens with one attached hydrogen (secondary N) is 1. The van der Waals surface area contributed by atoms with Gasteiger partial charge in [-0.05, 0) is 22.3 Å². The van der Waals surface area contributed by atoms with E-state index in [2.05, 4.69) is 29.6 Å². The van der Waals surface area contributed by atoms with Crippen LogP contribution >= 0.6 is 23.5 Å². The van der Waals surface area contributed by atoms with Crippen molar-refractivity contribution in [3.05, 3.63) is 59.7 Å². The highest BCUT2D eigenvalue weighted by molar-refractivity contribution is 8.00. The smallest absolute Gasteiger partial charge is 0.407 e. The second-order valence-electron chi connectivity index (χ2n) is 7.82. The number of benzene rings is 2. The maximum atomic E-state index is 12.4. The van der Waals surface area contributed by atoms with E-state index in [1.54, 1.807) is 11.8 Å². The highest BCUT2D eigenvalue weighted by Crippen LogP contribution is 2.44. The molecule has 2 aliphatic rings. The molecule has 1 aliphatic heterocycles. The lowest BCUT2D eigenvalue weighted by atomic mass is 9.98. The minimum absolute atomic E-state index is 0.0139. The van der Waals surface area contributed by atoms with Gasteiger partial charge in [0.1, 0.15) is 12.6 Å². The van der Waals surface area contributed by atoms with Crippen LogP contribution in [0.1, 0.15) is 17.0 Å². The number of amides is 2. The molecule has 9 heteroatoms. The van der Waals surface area contributed by atoms with Crippen LogP contribution in [0.5, 0.6) is 0 Å². The summed E-state index contributed by atoms with van der Waals surface area (Å²) in [4.78, 5) is 37.4. The molecule has 0 spiro atoms. The van der Waals surface area contributed by atoms with E-state index in [0.717, 1.165) is 16.9 Å². The van der Waals surface area contributed by atoms with Crippen LogP contribution in [0.2, 0.25) is 0 Å². The van der Waals surface area contributed by atoms with Gasteiger partial charge in [0.15, 0.2) is 0 Å². The molecule has 1 heterocycles. The zero-order valence-corrected chi connectivity index (χ0v) is 19.7. The first kappa shape index (κ1) is 23.5. The van der Waals surface area contributed by atoms with Gasteiger partial charge in [-0.2, -0.15) is 23.5 Å². The Kier molecular flexibility index (Phi) is 7.82. The SMILES string of the molecule is O=C(NCCSCC(=O)N1CCSCC1C(=O)O)OCC1c2ccccc2-c2ccccc21. The third-order valence-electron chi connectivity index (χ3n) is 5.82. The molecule has 2 amide bonds. The molecule has 33 heavy (non-hydrogen) atoms. The maximum Gasteiger partial charge on any atom is 0.407 e. The summed E-state index contributed by atoms with van der Waals surface area (Å²) in [6, 6.07) is 15.6. The number of hydrogen-bond donors (Lipinski definition) is 2. The Balaban J connectivity index is 1.19. The van der Waals surface area contributed by atoms with Crippen molar-refractivity contribution in [2.75, 3.05) is 42.7 Å². The van der Waals surface area contributed by atoms with Gasteiger partial charge in [-0.1, -0.05) is 48.5 Å². The monoisotopic (exact) mass is 486 g/mol. The number of fused-ring (bicyclic) bond motifs is 3. The summed E-state index contributed by atoms with van der Waals surface area (Å²) in [6.07, 6.45) is -0.484. The first-order valence-corrected chi connectivity index (χ1v) is 13.1. The number of carboxylic acids is 1.